The molecule has 4 rings (SSSR count). The van der Waals surface area contributed by atoms with Gasteiger partial charge in [-0.05, 0) is 30.2 Å². The quantitative estimate of drug-likeness (QED) is 0.517. The predicted molar refractivity (Wildman–Crippen MR) is 88.0 cm³/mol. The summed E-state index contributed by atoms with van der Waals surface area (Å²) in [5.74, 6) is 0.924. The molecule has 0 spiro atoms. The van der Waals surface area contributed by atoms with Gasteiger partial charge in [-0.3, -0.25) is 10.2 Å². The Labute approximate surface area is 136 Å². The number of carbonyl (C=O) groups is 1. The summed E-state index contributed by atoms with van der Waals surface area (Å²) in [4.78, 5) is 10.6. The van der Waals surface area contributed by atoms with Crippen molar-refractivity contribution < 1.29 is 4.79 Å². The Morgan fingerprint density at radius 3 is 2.65 bits per heavy atom. The molecule has 4 atom stereocenters. The zero-order valence-electron chi connectivity index (χ0n) is 13.6. The van der Waals surface area contributed by atoms with Gasteiger partial charge in [0.1, 0.15) is 11.1 Å². The Morgan fingerprint density at radius 2 is 1.91 bits per heavy atom. The SMILES string of the molecule is CC1(C)[C@]2(/C=N/NC=O)N=N[C@@]1(c1ccccc1)[C@H]1CCC[C@H]12. The van der Waals surface area contributed by atoms with Crippen molar-refractivity contribution in [3.05, 3.63) is 35.9 Å². The number of benzene rings is 1. The Hall–Kier alpha value is -2.04. The highest BCUT2D eigenvalue weighted by molar-refractivity contribution is 5.76. The van der Waals surface area contributed by atoms with Crippen molar-refractivity contribution in [2.24, 2.45) is 32.6 Å². The standard InChI is InChI=1S/C18H22N4O/c1-16(2)17(11-19-20-12-23)14-9-6-10-15(14)18(16,22-21-17)13-7-4-3-5-8-13/h3-5,7-8,11-12,14-15H,6,9-10H2,1-2H3,(H,20,23)/b19-11+/t14-,15+,17-,18+/m1/s1. The van der Waals surface area contributed by atoms with Crippen molar-refractivity contribution in [3.63, 3.8) is 0 Å². The molecule has 2 aliphatic carbocycles. The van der Waals surface area contributed by atoms with E-state index >= 15 is 0 Å². The lowest BCUT2D eigenvalue weighted by Gasteiger charge is -2.40. The van der Waals surface area contributed by atoms with E-state index in [1.807, 2.05) is 12.3 Å². The van der Waals surface area contributed by atoms with Gasteiger partial charge in [-0.2, -0.15) is 15.3 Å². The molecule has 2 bridgehead atoms. The van der Waals surface area contributed by atoms with Crippen molar-refractivity contribution in [2.75, 3.05) is 0 Å². The van der Waals surface area contributed by atoms with Crippen LogP contribution in [0.4, 0.5) is 0 Å². The minimum atomic E-state index is -0.431. The first-order valence-corrected chi connectivity index (χ1v) is 8.33. The maximum absolute atomic E-state index is 10.6. The number of hydrogen-bond acceptors (Lipinski definition) is 4. The molecule has 0 radical (unpaired) electrons. The molecule has 0 saturated heterocycles. The Bertz CT molecular complexity index is 684. The zero-order valence-corrected chi connectivity index (χ0v) is 13.6. The van der Waals surface area contributed by atoms with Gasteiger partial charge in [0.05, 0.1) is 6.21 Å². The van der Waals surface area contributed by atoms with Gasteiger partial charge in [0.25, 0.3) is 0 Å². The second kappa shape index (κ2) is 4.73. The molecule has 5 heteroatoms. The minimum absolute atomic E-state index is 0.175. The summed E-state index contributed by atoms with van der Waals surface area (Å²) in [6.45, 7) is 4.51. The van der Waals surface area contributed by atoms with E-state index in [1.165, 1.54) is 18.4 Å². The van der Waals surface area contributed by atoms with Gasteiger partial charge in [-0.1, -0.05) is 50.6 Å². The fraction of sp³-hybridized carbons (Fsp3) is 0.556. The molecule has 2 fully saturated rings. The van der Waals surface area contributed by atoms with E-state index in [1.54, 1.807) is 0 Å². The number of nitrogens with one attached hydrogen (secondary N) is 1. The number of fused-ring (bicyclic) bond motifs is 5. The first-order valence-electron chi connectivity index (χ1n) is 8.33. The summed E-state index contributed by atoms with van der Waals surface area (Å²) in [6.07, 6.45) is 5.97. The van der Waals surface area contributed by atoms with Crippen LogP contribution in [0.2, 0.25) is 0 Å². The van der Waals surface area contributed by atoms with Crippen LogP contribution < -0.4 is 5.43 Å². The third-order valence-electron chi connectivity index (χ3n) is 6.55. The van der Waals surface area contributed by atoms with Gasteiger partial charge in [0, 0.05) is 5.41 Å². The van der Waals surface area contributed by atoms with Crippen molar-refractivity contribution in [1.82, 2.24) is 5.43 Å². The van der Waals surface area contributed by atoms with Crippen molar-refractivity contribution in [3.8, 4) is 0 Å². The van der Waals surface area contributed by atoms with E-state index in [4.69, 9.17) is 10.2 Å². The summed E-state index contributed by atoms with van der Waals surface area (Å²) in [5.41, 5.74) is 2.77. The van der Waals surface area contributed by atoms with Crippen LogP contribution in [-0.2, 0) is 10.3 Å². The van der Waals surface area contributed by atoms with Crippen LogP contribution in [0, 0.1) is 17.3 Å². The average Bonchev–Trinajstić information content (AvgIpc) is 3.17. The summed E-state index contributed by atoms with van der Waals surface area (Å²) in [7, 11) is 0. The molecule has 1 aromatic rings. The molecule has 2 saturated carbocycles. The van der Waals surface area contributed by atoms with Gasteiger partial charge >= 0.3 is 0 Å². The number of rotatable bonds is 4. The Morgan fingerprint density at radius 1 is 1.17 bits per heavy atom. The molecule has 3 aliphatic rings. The lowest BCUT2D eigenvalue weighted by molar-refractivity contribution is -0.109. The first kappa shape index (κ1) is 14.5. The normalized spacial score (nSPS) is 39.7. The molecule has 23 heavy (non-hydrogen) atoms. The average molecular weight is 310 g/mol. The van der Waals surface area contributed by atoms with Gasteiger partial charge in [0.2, 0.25) is 6.41 Å². The molecule has 120 valence electrons. The van der Waals surface area contributed by atoms with Crippen molar-refractivity contribution in [1.29, 1.82) is 0 Å². The van der Waals surface area contributed by atoms with Gasteiger partial charge in [-0.15, -0.1) is 0 Å². The molecule has 0 aromatic heterocycles. The molecule has 1 aromatic carbocycles. The lowest BCUT2D eigenvalue weighted by atomic mass is 9.63. The highest BCUT2D eigenvalue weighted by atomic mass is 16.1. The van der Waals surface area contributed by atoms with Crippen LogP contribution in [0.5, 0.6) is 0 Å². The smallest absolute Gasteiger partial charge is 0.227 e. The first-order chi connectivity index (χ1) is 11.1. The van der Waals surface area contributed by atoms with Gasteiger partial charge in [-0.25, -0.2) is 0 Å². The number of amides is 1. The van der Waals surface area contributed by atoms with E-state index in [0.29, 0.717) is 18.2 Å². The van der Waals surface area contributed by atoms with Gasteiger partial charge in [0.15, 0.2) is 0 Å². The third kappa shape index (κ3) is 1.53. The van der Waals surface area contributed by atoms with Crippen molar-refractivity contribution >= 4 is 12.6 Å². The Balaban J connectivity index is 1.89. The van der Waals surface area contributed by atoms with Crippen LogP contribution in [0.1, 0.15) is 38.7 Å². The summed E-state index contributed by atoms with van der Waals surface area (Å²) in [5, 5.41) is 13.8. The molecule has 1 amide bonds. The molecule has 1 heterocycles. The third-order valence-corrected chi connectivity index (χ3v) is 6.55. The number of carbonyl (C=O) groups excluding carboxylic acids is 1. The zero-order chi connectivity index (χ0) is 16.1. The van der Waals surface area contributed by atoms with E-state index in [9.17, 15) is 4.79 Å². The van der Waals surface area contributed by atoms with Crippen LogP contribution in [0.25, 0.3) is 0 Å². The van der Waals surface area contributed by atoms with E-state index in [2.05, 4.69) is 48.6 Å². The number of azo groups is 1. The van der Waals surface area contributed by atoms with E-state index in [0.717, 1.165) is 6.42 Å². The fourth-order valence-electron chi connectivity index (χ4n) is 5.55. The topological polar surface area (TPSA) is 66.2 Å². The minimum Gasteiger partial charge on any atom is -0.277 e. The van der Waals surface area contributed by atoms with Crippen LogP contribution >= 0.6 is 0 Å². The molecule has 0 unspecified atom stereocenters. The van der Waals surface area contributed by atoms with Crippen molar-refractivity contribution in [2.45, 2.75) is 44.2 Å². The second-order valence-electron chi connectivity index (χ2n) is 7.43. The fourth-order valence-corrected chi connectivity index (χ4v) is 5.55. The van der Waals surface area contributed by atoms with Gasteiger partial charge < -0.3 is 0 Å². The van der Waals surface area contributed by atoms with E-state index in [-0.39, 0.29) is 11.0 Å². The highest BCUT2D eigenvalue weighted by Gasteiger charge is 2.77. The number of nitrogens with zero attached hydrogens (tertiary/aromatic N) is 3. The summed E-state index contributed by atoms with van der Waals surface area (Å²) < 4.78 is 0. The molecule has 5 nitrogen and oxygen atoms in total. The van der Waals surface area contributed by atoms with Crippen LogP contribution in [-0.4, -0.2) is 18.2 Å². The Kier molecular flexibility index (Phi) is 2.99. The van der Waals surface area contributed by atoms with Crippen LogP contribution in [0.15, 0.2) is 45.7 Å². The maximum atomic E-state index is 10.6. The maximum Gasteiger partial charge on any atom is 0.227 e. The molecule has 1 aliphatic heterocycles. The lowest BCUT2D eigenvalue weighted by Crippen LogP contribution is -2.47. The summed E-state index contributed by atoms with van der Waals surface area (Å²) in [6, 6.07) is 10.6. The predicted octanol–water partition coefficient (Wildman–Crippen LogP) is 3.27. The number of hydrazone groups is 1. The summed E-state index contributed by atoms with van der Waals surface area (Å²) >= 11 is 0. The monoisotopic (exact) mass is 310 g/mol. The largest absolute Gasteiger partial charge is 0.277 e. The number of hydrogen-bond donors (Lipinski definition) is 1. The second-order valence-corrected chi connectivity index (χ2v) is 7.43. The molecular weight excluding hydrogens is 288 g/mol. The van der Waals surface area contributed by atoms with E-state index < -0.39 is 5.54 Å². The highest BCUT2D eigenvalue weighted by Crippen LogP contribution is 2.73. The molecule has 1 N–H and O–H groups in total. The van der Waals surface area contributed by atoms with Crippen LogP contribution in [0.3, 0.4) is 0 Å². The molecular formula is C18H22N4O.